The van der Waals surface area contributed by atoms with Crippen LogP contribution in [0.2, 0.25) is 5.02 Å². The number of nitrogens with zero attached hydrogens (tertiary/aromatic N) is 2. The predicted octanol–water partition coefficient (Wildman–Crippen LogP) is 2.67. The van der Waals surface area contributed by atoms with E-state index in [1.54, 1.807) is 24.0 Å². The fourth-order valence-corrected chi connectivity index (χ4v) is 3.03. The van der Waals surface area contributed by atoms with Crippen LogP contribution >= 0.6 is 11.6 Å². The highest BCUT2D eigenvalue weighted by molar-refractivity contribution is 6.33. The second-order valence-electron chi connectivity index (χ2n) is 5.98. The monoisotopic (exact) mass is 333 g/mol. The lowest BCUT2D eigenvalue weighted by molar-refractivity contribution is -0.147. The van der Waals surface area contributed by atoms with Crippen LogP contribution < -0.4 is 0 Å². The molecule has 1 unspecified atom stereocenters. The van der Waals surface area contributed by atoms with Gasteiger partial charge in [-0.25, -0.2) is 0 Å². The fraction of sp³-hybridized carbons (Fsp3) is 0.312. The number of H-pyrrole nitrogens is 1. The summed E-state index contributed by atoms with van der Waals surface area (Å²) < 4.78 is 0. The number of rotatable bonds is 3. The number of carboxylic acids is 1. The van der Waals surface area contributed by atoms with Gasteiger partial charge in [0.2, 0.25) is 0 Å². The minimum atomic E-state index is -0.899. The van der Waals surface area contributed by atoms with Crippen molar-refractivity contribution in [1.82, 2.24) is 15.1 Å². The van der Waals surface area contributed by atoms with Gasteiger partial charge in [-0.15, -0.1) is 0 Å². The number of benzene rings is 1. The van der Waals surface area contributed by atoms with Gasteiger partial charge in [-0.05, 0) is 19.4 Å². The molecule has 0 saturated carbocycles. The van der Waals surface area contributed by atoms with E-state index in [9.17, 15) is 14.7 Å². The van der Waals surface area contributed by atoms with E-state index in [2.05, 4.69) is 10.2 Å². The molecule has 0 spiro atoms. The SMILES string of the molecule is CC1(C(=O)O)CCN(C(=O)c2cn[nH]c2-c2ccccc2Cl)C1. The van der Waals surface area contributed by atoms with E-state index in [1.807, 2.05) is 12.1 Å². The Labute approximate surface area is 138 Å². The van der Waals surface area contributed by atoms with Gasteiger partial charge in [-0.3, -0.25) is 14.7 Å². The molecule has 23 heavy (non-hydrogen) atoms. The number of nitrogens with one attached hydrogen (secondary N) is 1. The van der Waals surface area contributed by atoms with Crippen molar-refractivity contribution < 1.29 is 14.7 Å². The Kier molecular flexibility index (Phi) is 3.85. The molecule has 2 heterocycles. The van der Waals surface area contributed by atoms with Gasteiger partial charge in [0.1, 0.15) is 0 Å². The maximum absolute atomic E-state index is 12.8. The molecule has 0 radical (unpaired) electrons. The van der Waals surface area contributed by atoms with Crippen LogP contribution in [0.25, 0.3) is 11.3 Å². The van der Waals surface area contributed by atoms with Crippen LogP contribution in [-0.4, -0.2) is 45.2 Å². The van der Waals surface area contributed by atoms with E-state index >= 15 is 0 Å². The smallest absolute Gasteiger partial charge is 0.311 e. The van der Waals surface area contributed by atoms with Crippen molar-refractivity contribution in [2.45, 2.75) is 13.3 Å². The Morgan fingerprint density at radius 1 is 1.39 bits per heavy atom. The number of hydrogen-bond acceptors (Lipinski definition) is 3. The van der Waals surface area contributed by atoms with Crippen LogP contribution in [-0.2, 0) is 4.79 Å². The first kappa shape index (κ1) is 15.6. The van der Waals surface area contributed by atoms with Gasteiger partial charge in [0.05, 0.1) is 22.9 Å². The molecule has 1 saturated heterocycles. The number of amides is 1. The molecule has 0 bridgehead atoms. The zero-order valence-electron chi connectivity index (χ0n) is 12.5. The number of aliphatic carboxylic acids is 1. The zero-order chi connectivity index (χ0) is 16.6. The van der Waals surface area contributed by atoms with Crippen LogP contribution in [0.4, 0.5) is 0 Å². The quantitative estimate of drug-likeness (QED) is 0.904. The second kappa shape index (κ2) is 5.70. The summed E-state index contributed by atoms with van der Waals surface area (Å²) in [4.78, 5) is 25.6. The minimum Gasteiger partial charge on any atom is -0.481 e. The first-order chi connectivity index (χ1) is 10.9. The van der Waals surface area contributed by atoms with E-state index < -0.39 is 11.4 Å². The van der Waals surface area contributed by atoms with Crippen molar-refractivity contribution in [2.24, 2.45) is 5.41 Å². The average molecular weight is 334 g/mol. The Morgan fingerprint density at radius 2 is 2.13 bits per heavy atom. The summed E-state index contributed by atoms with van der Waals surface area (Å²) in [5.74, 6) is -1.12. The van der Waals surface area contributed by atoms with Crippen LogP contribution in [0, 0.1) is 5.41 Å². The Balaban J connectivity index is 1.90. The summed E-state index contributed by atoms with van der Waals surface area (Å²) in [6, 6.07) is 7.18. The van der Waals surface area contributed by atoms with E-state index in [4.69, 9.17) is 11.6 Å². The molecule has 1 aliphatic rings. The van der Waals surface area contributed by atoms with Crippen molar-refractivity contribution in [1.29, 1.82) is 0 Å². The molecule has 7 heteroatoms. The molecule has 120 valence electrons. The molecular formula is C16H16ClN3O3. The molecule has 3 rings (SSSR count). The Hall–Kier alpha value is -2.34. The van der Waals surface area contributed by atoms with Crippen molar-refractivity contribution in [3.63, 3.8) is 0 Å². The maximum Gasteiger partial charge on any atom is 0.311 e. The number of aromatic amines is 1. The lowest BCUT2D eigenvalue weighted by Gasteiger charge is -2.20. The van der Waals surface area contributed by atoms with E-state index in [-0.39, 0.29) is 12.5 Å². The second-order valence-corrected chi connectivity index (χ2v) is 6.39. The van der Waals surface area contributed by atoms with E-state index in [0.717, 1.165) is 0 Å². The molecule has 1 aromatic heterocycles. The number of halogens is 1. The van der Waals surface area contributed by atoms with Crippen molar-refractivity contribution in [2.75, 3.05) is 13.1 Å². The van der Waals surface area contributed by atoms with Crippen molar-refractivity contribution in [3.8, 4) is 11.3 Å². The summed E-state index contributed by atoms with van der Waals surface area (Å²) in [5.41, 5.74) is 0.733. The summed E-state index contributed by atoms with van der Waals surface area (Å²) in [6.07, 6.45) is 1.89. The van der Waals surface area contributed by atoms with Crippen LogP contribution in [0.5, 0.6) is 0 Å². The molecule has 1 atom stereocenters. The molecule has 1 amide bonds. The normalized spacial score (nSPS) is 20.7. The number of carbonyl (C=O) groups is 2. The summed E-state index contributed by atoms with van der Waals surface area (Å²) in [7, 11) is 0. The minimum absolute atomic E-state index is 0.189. The van der Waals surface area contributed by atoms with Crippen LogP contribution in [0.3, 0.4) is 0 Å². The average Bonchev–Trinajstić information content (AvgIpc) is 3.15. The lowest BCUT2D eigenvalue weighted by Crippen LogP contribution is -2.34. The summed E-state index contributed by atoms with van der Waals surface area (Å²) in [6.45, 7) is 2.26. The maximum atomic E-state index is 12.8. The predicted molar refractivity (Wildman–Crippen MR) is 85.3 cm³/mol. The molecule has 1 aromatic carbocycles. The Morgan fingerprint density at radius 3 is 2.78 bits per heavy atom. The fourth-order valence-electron chi connectivity index (χ4n) is 2.80. The van der Waals surface area contributed by atoms with Crippen molar-refractivity contribution in [3.05, 3.63) is 41.0 Å². The number of aromatic nitrogens is 2. The number of likely N-dealkylation sites (tertiary alicyclic amines) is 1. The van der Waals surface area contributed by atoms with Gasteiger partial charge in [0, 0.05) is 23.7 Å². The summed E-state index contributed by atoms with van der Waals surface area (Å²) in [5, 5.41) is 16.6. The highest BCUT2D eigenvalue weighted by atomic mass is 35.5. The number of carbonyl (C=O) groups excluding carboxylic acids is 1. The van der Waals surface area contributed by atoms with E-state index in [0.29, 0.717) is 34.8 Å². The summed E-state index contributed by atoms with van der Waals surface area (Å²) >= 11 is 6.19. The third kappa shape index (κ3) is 2.70. The first-order valence-corrected chi connectivity index (χ1v) is 7.61. The van der Waals surface area contributed by atoms with E-state index in [1.165, 1.54) is 6.20 Å². The van der Waals surface area contributed by atoms with Gasteiger partial charge in [0.15, 0.2) is 0 Å². The Bertz CT molecular complexity index is 773. The highest BCUT2D eigenvalue weighted by Gasteiger charge is 2.42. The van der Waals surface area contributed by atoms with Crippen LogP contribution in [0.15, 0.2) is 30.5 Å². The first-order valence-electron chi connectivity index (χ1n) is 7.23. The highest BCUT2D eigenvalue weighted by Crippen LogP contribution is 2.33. The molecule has 2 N–H and O–H groups in total. The molecule has 0 aliphatic carbocycles. The molecular weight excluding hydrogens is 318 g/mol. The van der Waals surface area contributed by atoms with Crippen LogP contribution in [0.1, 0.15) is 23.7 Å². The third-order valence-corrected chi connectivity index (χ3v) is 4.62. The van der Waals surface area contributed by atoms with Gasteiger partial charge < -0.3 is 10.0 Å². The van der Waals surface area contributed by atoms with Crippen molar-refractivity contribution >= 4 is 23.5 Å². The number of hydrogen-bond donors (Lipinski definition) is 2. The number of carboxylic acid groups (broad SMARTS) is 1. The molecule has 6 nitrogen and oxygen atoms in total. The lowest BCUT2D eigenvalue weighted by atomic mass is 9.90. The topological polar surface area (TPSA) is 86.3 Å². The van der Waals surface area contributed by atoms with Gasteiger partial charge in [-0.2, -0.15) is 5.10 Å². The van der Waals surface area contributed by atoms with Gasteiger partial charge in [0.25, 0.3) is 5.91 Å². The molecule has 2 aromatic rings. The molecule has 1 fully saturated rings. The zero-order valence-corrected chi connectivity index (χ0v) is 13.3. The van der Waals surface area contributed by atoms with Gasteiger partial charge >= 0.3 is 5.97 Å². The third-order valence-electron chi connectivity index (χ3n) is 4.29. The standard InChI is InChI=1S/C16H16ClN3O3/c1-16(15(22)23)6-7-20(9-16)14(21)11-8-18-19-13(11)10-4-2-3-5-12(10)17/h2-5,8H,6-7,9H2,1H3,(H,18,19)(H,22,23). The largest absolute Gasteiger partial charge is 0.481 e. The molecule has 1 aliphatic heterocycles. The van der Waals surface area contributed by atoms with Gasteiger partial charge in [-0.1, -0.05) is 29.8 Å².